The molecule has 1 aromatic rings. The summed E-state index contributed by atoms with van der Waals surface area (Å²) in [6, 6.07) is 6.84. The predicted octanol–water partition coefficient (Wildman–Crippen LogP) is 1.65. The van der Waals surface area contributed by atoms with Crippen molar-refractivity contribution < 1.29 is 14.6 Å². The zero-order valence-corrected chi connectivity index (χ0v) is 10.7. The molecule has 0 fully saturated rings. The molecule has 0 heterocycles. The third-order valence-electron chi connectivity index (χ3n) is 3.07. The minimum atomic E-state index is -0.861. The summed E-state index contributed by atoms with van der Waals surface area (Å²) in [5.41, 5.74) is 0.411. The maximum absolute atomic E-state index is 11.2. The molecule has 0 aliphatic carbocycles. The Bertz CT molecular complexity index is 401. The van der Waals surface area contributed by atoms with Gasteiger partial charge in [-0.3, -0.25) is 4.79 Å². The van der Waals surface area contributed by atoms with E-state index in [0.717, 1.165) is 11.3 Å². The average Bonchev–Trinajstić information content (AvgIpc) is 2.29. The smallest absolute Gasteiger partial charge is 0.321 e. The molecule has 17 heavy (non-hydrogen) atoms. The highest BCUT2D eigenvalue weighted by Crippen LogP contribution is 2.29. The lowest BCUT2D eigenvalue weighted by atomic mass is 9.77. The molecule has 1 atom stereocenters. The fourth-order valence-electron chi connectivity index (χ4n) is 1.98. The summed E-state index contributed by atoms with van der Waals surface area (Å²) in [6.45, 7) is 3.80. The van der Waals surface area contributed by atoms with Crippen molar-refractivity contribution in [3.05, 3.63) is 29.8 Å². The van der Waals surface area contributed by atoms with Crippen LogP contribution in [0.25, 0.3) is 0 Å². The van der Waals surface area contributed by atoms with Gasteiger partial charge in [0.25, 0.3) is 0 Å². The number of likely N-dealkylation sites (N-methyl/N-ethyl adjacent to an activating group) is 1. The number of hydrogen-bond donors (Lipinski definition) is 2. The number of aliphatic carboxylic acids is 1. The molecule has 0 bridgehead atoms. The van der Waals surface area contributed by atoms with Gasteiger partial charge in [0.15, 0.2) is 0 Å². The number of rotatable bonds is 5. The number of ether oxygens (including phenoxy) is 1. The Labute approximate surface area is 102 Å². The van der Waals surface area contributed by atoms with Crippen LogP contribution in [0.15, 0.2) is 24.3 Å². The van der Waals surface area contributed by atoms with E-state index in [1.807, 2.05) is 38.1 Å². The monoisotopic (exact) mass is 237 g/mol. The molecule has 1 rings (SSSR count). The molecule has 94 valence electrons. The summed E-state index contributed by atoms with van der Waals surface area (Å²) in [7, 11) is 3.25. The van der Waals surface area contributed by atoms with Crippen LogP contribution < -0.4 is 10.1 Å². The lowest BCUT2D eigenvalue weighted by Gasteiger charge is -2.31. The van der Waals surface area contributed by atoms with E-state index in [9.17, 15) is 9.90 Å². The molecular formula is C13H19NO3. The van der Waals surface area contributed by atoms with Gasteiger partial charge in [-0.05, 0) is 24.7 Å². The molecule has 1 aromatic carbocycles. The highest BCUT2D eigenvalue weighted by molar-refractivity contribution is 5.76. The Morgan fingerprint density at radius 1 is 1.47 bits per heavy atom. The van der Waals surface area contributed by atoms with Gasteiger partial charge in [0.2, 0.25) is 0 Å². The molecule has 0 unspecified atom stereocenters. The van der Waals surface area contributed by atoms with Crippen molar-refractivity contribution in [3.63, 3.8) is 0 Å². The molecule has 0 amide bonds. The number of carboxylic acids is 1. The maximum atomic E-state index is 11.2. The minimum absolute atomic E-state index is 0.519. The Balaban J connectivity index is 3.14. The maximum Gasteiger partial charge on any atom is 0.321 e. The van der Waals surface area contributed by atoms with Crippen LogP contribution in [0.2, 0.25) is 0 Å². The summed E-state index contributed by atoms with van der Waals surface area (Å²) in [5.74, 6) is -0.129. The van der Waals surface area contributed by atoms with Gasteiger partial charge in [-0.25, -0.2) is 0 Å². The van der Waals surface area contributed by atoms with Gasteiger partial charge in [-0.15, -0.1) is 0 Å². The Hall–Kier alpha value is -1.55. The topological polar surface area (TPSA) is 58.6 Å². The number of carboxylic acid groups (broad SMARTS) is 1. The molecule has 0 aliphatic rings. The SMILES string of the molecule is CN[C@H](C(=O)O)C(C)(C)c1cccc(OC)c1. The van der Waals surface area contributed by atoms with Crippen LogP contribution in [0.3, 0.4) is 0 Å². The third kappa shape index (κ3) is 2.77. The van der Waals surface area contributed by atoms with E-state index in [1.54, 1.807) is 14.2 Å². The molecule has 4 heteroatoms. The minimum Gasteiger partial charge on any atom is -0.497 e. The van der Waals surface area contributed by atoms with Crippen LogP contribution in [-0.4, -0.2) is 31.3 Å². The van der Waals surface area contributed by atoms with Gasteiger partial charge in [-0.2, -0.15) is 0 Å². The zero-order chi connectivity index (χ0) is 13.1. The predicted molar refractivity (Wildman–Crippen MR) is 66.5 cm³/mol. The number of benzene rings is 1. The first kappa shape index (κ1) is 13.5. The van der Waals surface area contributed by atoms with Crippen LogP contribution in [0.5, 0.6) is 5.75 Å². The summed E-state index contributed by atoms with van der Waals surface area (Å²) in [6.07, 6.45) is 0. The van der Waals surface area contributed by atoms with E-state index in [4.69, 9.17) is 4.74 Å². The number of hydrogen-bond acceptors (Lipinski definition) is 3. The fraction of sp³-hybridized carbons (Fsp3) is 0.462. The molecule has 0 spiro atoms. The first-order chi connectivity index (χ1) is 7.93. The second kappa shape index (κ2) is 5.19. The van der Waals surface area contributed by atoms with Crippen LogP contribution in [-0.2, 0) is 10.2 Å². The largest absolute Gasteiger partial charge is 0.497 e. The Kier molecular flexibility index (Phi) is 4.12. The van der Waals surface area contributed by atoms with E-state index in [2.05, 4.69) is 5.32 Å². The van der Waals surface area contributed by atoms with E-state index in [0.29, 0.717) is 0 Å². The quantitative estimate of drug-likeness (QED) is 0.817. The number of nitrogens with one attached hydrogen (secondary N) is 1. The summed E-state index contributed by atoms with van der Waals surface area (Å²) in [4.78, 5) is 11.2. The van der Waals surface area contributed by atoms with E-state index in [1.165, 1.54) is 0 Å². The highest BCUT2D eigenvalue weighted by Gasteiger charge is 2.35. The van der Waals surface area contributed by atoms with Gasteiger partial charge < -0.3 is 15.2 Å². The lowest BCUT2D eigenvalue weighted by molar-refractivity contribution is -0.141. The number of methoxy groups -OCH3 is 1. The van der Waals surface area contributed by atoms with E-state index >= 15 is 0 Å². The van der Waals surface area contributed by atoms with Crippen molar-refractivity contribution in [2.75, 3.05) is 14.2 Å². The van der Waals surface area contributed by atoms with Gasteiger partial charge in [0, 0.05) is 5.41 Å². The molecule has 2 N–H and O–H groups in total. The average molecular weight is 237 g/mol. The van der Waals surface area contributed by atoms with Gasteiger partial charge in [0.05, 0.1) is 7.11 Å². The first-order valence-corrected chi connectivity index (χ1v) is 5.48. The summed E-state index contributed by atoms with van der Waals surface area (Å²) >= 11 is 0. The molecule has 0 aliphatic heterocycles. The third-order valence-corrected chi connectivity index (χ3v) is 3.07. The second-order valence-corrected chi connectivity index (χ2v) is 4.51. The highest BCUT2D eigenvalue weighted by atomic mass is 16.5. The summed E-state index contributed by atoms with van der Waals surface area (Å²) < 4.78 is 5.16. The van der Waals surface area contributed by atoms with Crippen LogP contribution in [0, 0.1) is 0 Å². The molecule has 0 radical (unpaired) electrons. The molecule has 4 nitrogen and oxygen atoms in total. The van der Waals surface area contributed by atoms with Crippen LogP contribution >= 0.6 is 0 Å². The van der Waals surface area contributed by atoms with Crippen molar-refractivity contribution in [1.82, 2.24) is 5.32 Å². The van der Waals surface area contributed by atoms with Gasteiger partial charge >= 0.3 is 5.97 Å². The van der Waals surface area contributed by atoms with E-state index in [-0.39, 0.29) is 0 Å². The van der Waals surface area contributed by atoms with Crippen LogP contribution in [0.4, 0.5) is 0 Å². The zero-order valence-electron chi connectivity index (χ0n) is 10.7. The van der Waals surface area contributed by atoms with Gasteiger partial charge in [-0.1, -0.05) is 26.0 Å². The lowest BCUT2D eigenvalue weighted by Crippen LogP contribution is -2.48. The van der Waals surface area contributed by atoms with Crippen molar-refractivity contribution in [3.8, 4) is 5.75 Å². The Morgan fingerprint density at radius 2 is 2.12 bits per heavy atom. The van der Waals surface area contributed by atoms with E-state index < -0.39 is 17.4 Å². The molecular weight excluding hydrogens is 218 g/mol. The standard InChI is InChI=1S/C13H19NO3/c1-13(2,11(14-3)12(15)16)9-6-5-7-10(8-9)17-4/h5-8,11,14H,1-4H3,(H,15,16)/t11-/m1/s1. The van der Waals surface area contributed by atoms with Crippen molar-refractivity contribution in [1.29, 1.82) is 0 Å². The first-order valence-electron chi connectivity index (χ1n) is 5.48. The molecule has 0 saturated heterocycles. The van der Waals surface area contributed by atoms with Crippen molar-refractivity contribution in [2.45, 2.75) is 25.3 Å². The normalized spacial score (nSPS) is 13.2. The molecule has 0 aromatic heterocycles. The van der Waals surface area contributed by atoms with Crippen molar-refractivity contribution >= 4 is 5.97 Å². The summed E-state index contributed by atoms with van der Waals surface area (Å²) in [5, 5.41) is 12.0. The Morgan fingerprint density at radius 3 is 2.59 bits per heavy atom. The fourth-order valence-corrected chi connectivity index (χ4v) is 1.98. The second-order valence-electron chi connectivity index (χ2n) is 4.51. The number of carbonyl (C=O) groups is 1. The molecule has 0 saturated carbocycles. The van der Waals surface area contributed by atoms with Crippen LogP contribution in [0.1, 0.15) is 19.4 Å². The van der Waals surface area contributed by atoms with Gasteiger partial charge in [0.1, 0.15) is 11.8 Å². The van der Waals surface area contributed by atoms with Crippen molar-refractivity contribution in [2.24, 2.45) is 0 Å².